The summed E-state index contributed by atoms with van der Waals surface area (Å²) in [5, 5.41) is 3.16. The van der Waals surface area contributed by atoms with Crippen molar-refractivity contribution in [3.63, 3.8) is 0 Å². The van der Waals surface area contributed by atoms with E-state index in [4.69, 9.17) is 4.42 Å². The molecule has 1 aliphatic heterocycles. The molecule has 0 bridgehead atoms. The van der Waals surface area contributed by atoms with E-state index in [-0.39, 0.29) is 5.91 Å². The molecule has 1 amide bonds. The molecule has 136 valence electrons. The van der Waals surface area contributed by atoms with Crippen molar-refractivity contribution in [2.75, 3.05) is 45.8 Å². The Hall–Kier alpha value is -1.70. The third kappa shape index (κ3) is 4.68. The normalized spacial score (nSPS) is 16.2. The molecule has 2 aromatic rings. The maximum atomic E-state index is 12.2. The van der Waals surface area contributed by atoms with Crippen molar-refractivity contribution in [2.45, 2.75) is 20.4 Å². The number of amides is 1. The first-order valence-electron chi connectivity index (χ1n) is 8.90. The third-order valence-corrected chi connectivity index (χ3v) is 5.46. The molecule has 7 heteroatoms. The molecule has 2 aromatic heterocycles. The van der Waals surface area contributed by atoms with Crippen LogP contribution in [0.25, 0.3) is 11.5 Å². The van der Waals surface area contributed by atoms with E-state index in [2.05, 4.69) is 14.8 Å². The smallest absolute Gasteiger partial charge is 0.236 e. The Balaban J connectivity index is 1.46. The highest BCUT2D eigenvalue weighted by molar-refractivity contribution is 7.09. The molecule has 0 radical (unpaired) electrons. The second kappa shape index (κ2) is 8.60. The molecule has 3 heterocycles. The van der Waals surface area contributed by atoms with Crippen molar-refractivity contribution < 1.29 is 9.21 Å². The van der Waals surface area contributed by atoms with E-state index >= 15 is 0 Å². The van der Waals surface area contributed by atoms with E-state index in [1.165, 1.54) is 0 Å². The third-order valence-electron chi connectivity index (χ3n) is 4.62. The predicted molar refractivity (Wildman–Crippen MR) is 99.5 cm³/mol. The van der Waals surface area contributed by atoms with Gasteiger partial charge in [-0.2, -0.15) is 0 Å². The minimum Gasteiger partial charge on any atom is -0.463 e. The zero-order valence-electron chi connectivity index (χ0n) is 15.0. The number of nitrogens with zero attached hydrogens (tertiary/aromatic N) is 4. The topological polar surface area (TPSA) is 52.8 Å². The molecule has 0 N–H and O–H groups in total. The van der Waals surface area contributed by atoms with Crippen LogP contribution in [0.15, 0.2) is 28.2 Å². The van der Waals surface area contributed by atoms with E-state index in [9.17, 15) is 4.79 Å². The first-order chi connectivity index (χ1) is 12.2. The van der Waals surface area contributed by atoms with Gasteiger partial charge in [0.15, 0.2) is 5.76 Å². The van der Waals surface area contributed by atoms with Crippen molar-refractivity contribution in [2.24, 2.45) is 0 Å². The Bertz CT molecular complexity index is 658. The average Bonchev–Trinajstić information content (AvgIpc) is 3.29. The van der Waals surface area contributed by atoms with Gasteiger partial charge in [-0.3, -0.25) is 14.6 Å². The molecule has 0 spiro atoms. The van der Waals surface area contributed by atoms with E-state index in [0.29, 0.717) is 6.54 Å². The van der Waals surface area contributed by atoms with Crippen LogP contribution in [0.3, 0.4) is 0 Å². The Labute approximate surface area is 153 Å². The second-order valence-corrected chi connectivity index (χ2v) is 7.16. The number of carbonyl (C=O) groups is 1. The van der Waals surface area contributed by atoms with Gasteiger partial charge in [-0.25, -0.2) is 4.98 Å². The van der Waals surface area contributed by atoms with Crippen LogP contribution >= 0.6 is 11.3 Å². The first-order valence-corrected chi connectivity index (χ1v) is 9.78. The summed E-state index contributed by atoms with van der Waals surface area (Å²) in [7, 11) is 0. The van der Waals surface area contributed by atoms with Gasteiger partial charge in [-0.05, 0) is 26.0 Å². The van der Waals surface area contributed by atoms with Crippen molar-refractivity contribution in [3.8, 4) is 11.5 Å². The van der Waals surface area contributed by atoms with Gasteiger partial charge >= 0.3 is 0 Å². The zero-order chi connectivity index (χ0) is 17.6. The van der Waals surface area contributed by atoms with Crippen LogP contribution in [0.5, 0.6) is 0 Å². The Morgan fingerprint density at radius 1 is 1.24 bits per heavy atom. The van der Waals surface area contributed by atoms with Crippen molar-refractivity contribution >= 4 is 17.2 Å². The summed E-state index contributed by atoms with van der Waals surface area (Å²) >= 11 is 1.68. The van der Waals surface area contributed by atoms with Gasteiger partial charge in [0.05, 0.1) is 19.4 Å². The summed E-state index contributed by atoms with van der Waals surface area (Å²) in [5.74, 6) is 1.06. The molecule has 1 fully saturated rings. The summed E-state index contributed by atoms with van der Waals surface area (Å²) in [6.45, 7) is 10.9. The lowest BCUT2D eigenvalue weighted by Gasteiger charge is -2.34. The molecule has 0 aliphatic carbocycles. The summed E-state index contributed by atoms with van der Waals surface area (Å²) in [5.41, 5.74) is 0.911. The number of rotatable bonds is 7. The lowest BCUT2D eigenvalue weighted by Crippen LogP contribution is -2.49. The van der Waals surface area contributed by atoms with Crippen molar-refractivity contribution in [3.05, 3.63) is 28.8 Å². The van der Waals surface area contributed by atoms with Crippen LogP contribution < -0.4 is 0 Å². The van der Waals surface area contributed by atoms with Crippen LogP contribution in [0.2, 0.25) is 0 Å². The van der Waals surface area contributed by atoms with Gasteiger partial charge in [0.25, 0.3) is 0 Å². The first kappa shape index (κ1) is 18.1. The van der Waals surface area contributed by atoms with Gasteiger partial charge in [0.1, 0.15) is 10.7 Å². The number of furan rings is 1. The van der Waals surface area contributed by atoms with Gasteiger partial charge in [-0.15, -0.1) is 11.3 Å². The maximum absolute atomic E-state index is 12.2. The Morgan fingerprint density at radius 3 is 2.60 bits per heavy atom. The largest absolute Gasteiger partial charge is 0.463 e. The summed E-state index contributed by atoms with van der Waals surface area (Å²) in [6.07, 6.45) is 1.67. The molecule has 0 atom stereocenters. The number of thiazole rings is 1. The van der Waals surface area contributed by atoms with Gasteiger partial charge in [0.2, 0.25) is 5.91 Å². The Kier molecular flexibility index (Phi) is 6.23. The lowest BCUT2D eigenvalue weighted by atomic mass is 10.3. The number of hydrogen-bond acceptors (Lipinski definition) is 6. The van der Waals surface area contributed by atoms with E-state index in [0.717, 1.165) is 62.3 Å². The predicted octanol–water partition coefficient (Wildman–Crippen LogP) is 2.39. The number of aromatic nitrogens is 1. The van der Waals surface area contributed by atoms with E-state index in [1.54, 1.807) is 17.6 Å². The molecule has 1 aliphatic rings. The van der Waals surface area contributed by atoms with Gasteiger partial charge < -0.3 is 9.32 Å². The number of likely N-dealkylation sites (N-methyl/N-ethyl adjacent to an activating group) is 1. The van der Waals surface area contributed by atoms with E-state index < -0.39 is 0 Å². The van der Waals surface area contributed by atoms with Gasteiger partial charge in [0, 0.05) is 44.6 Å². The SMILES string of the molecule is CCN(CC)C(=O)CN1CCN(Cc2nc(-c3ccco3)cs2)CC1. The molecular formula is C18H26N4O2S. The minimum absolute atomic E-state index is 0.237. The molecule has 0 unspecified atom stereocenters. The minimum atomic E-state index is 0.237. The summed E-state index contributed by atoms with van der Waals surface area (Å²) in [6, 6.07) is 3.82. The number of carbonyl (C=O) groups excluding carboxylic acids is 1. The molecule has 3 rings (SSSR count). The number of hydrogen-bond donors (Lipinski definition) is 0. The highest BCUT2D eigenvalue weighted by Crippen LogP contribution is 2.23. The maximum Gasteiger partial charge on any atom is 0.236 e. The highest BCUT2D eigenvalue weighted by Gasteiger charge is 2.21. The number of piperazine rings is 1. The summed E-state index contributed by atoms with van der Waals surface area (Å²) < 4.78 is 5.40. The van der Waals surface area contributed by atoms with Crippen LogP contribution in [-0.2, 0) is 11.3 Å². The molecule has 25 heavy (non-hydrogen) atoms. The monoisotopic (exact) mass is 362 g/mol. The summed E-state index contributed by atoms with van der Waals surface area (Å²) in [4.78, 5) is 23.4. The van der Waals surface area contributed by atoms with Gasteiger partial charge in [-0.1, -0.05) is 0 Å². The molecule has 0 aromatic carbocycles. The average molecular weight is 362 g/mol. The standard InChI is InChI=1S/C18H26N4O2S/c1-3-22(4-2)18(23)13-21-9-7-20(8-10-21)12-17-19-15(14-25-17)16-6-5-11-24-16/h5-6,11,14H,3-4,7-10,12-13H2,1-2H3. The molecule has 6 nitrogen and oxygen atoms in total. The fraction of sp³-hybridized carbons (Fsp3) is 0.556. The van der Waals surface area contributed by atoms with Crippen molar-refractivity contribution in [1.29, 1.82) is 0 Å². The zero-order valence-corrected chi connectivity index (χ0v) is 15.8. The molecule has 1 saturated heterocycles. The quantitative estimate of drug-likeness (QED) is 0.757. The Morgan fingerprint density at radius 2 is 1.96 bits per heavy atom. The molecule has 0 saturated carbocycles. The van der Waals surface area contributed by atoms with Crippen LogP contribution in [0, 0.1) is 0 Å². The van der Waals surface area contributed by atoms with E-state index in [1.807, 2.05) is 36.3 Å². The molecular weight excluding hydrogens is 336 g/mol. The lowest BCUT2D eigenvalue weighted by molar-refractivity contribution is -0.132. The van der Waals surface area contributed by atoms with Crippen LogP contribution in [0.4, 0.5) is 0 Å². The fourth-order valence-electron chi connectivity index (χ4n) is 3.09. The second-order valence-electron chi connectivity index (χ2n) is 6.22. The van der Waals surface area contributed by atoms with Crippen molar-refractivity contribution in [1.82, 2.24) is 19.7 Å². The van der Waals surface area contributed by atoms with Crippen LogP contribution in [0.1, 0.15) is 18.9 Å². The highest BCUT2D eigenvalue weighted by atomic mass is 32.1. The fourth-order valence-corrected chi connectivity index (χ4v) is 3.91. The van der Waals surface area contributed by atoms with Crippen LogP contribution in [-0.4, -0.2) is 71.4 Å².